The van der Waals surface area contributed by atoms with Gasteiger partial charge >= 0.3 is 0 Å². The van der Waals surface area contributed by atoms with Crippen LogP contribution >= 0.6 is 0 Å². The van der Waals surface area contributed by atoms with Crippen LogP contribution in [-0.4, -0.2) is 10.1 Å². The van der Waals surface area contributed by atoms with E-state index in [2.05, 4.69) is 18.0 Å². The second-order valence-electron chi connectivity index (χ2n) is 4.41. The van der Waals surface area contributed by atoms with Crippen molar-refractivity contribution in [3.63, 3.8) is 0 Å². The number of hydrogen-bond donors (Lipinski definition) is 1. The van der Waals surface area contributed by atoms with Crippen LogP contribution in [0.1, 0.15) is 28.5 Å². The predicted octanol–water partition coefficient (Wildman–Crippen LogP) is 2.97. The Balaban J connectivity index is 2.14. The van der Waals surface area contributed by atoms with Crippen LogP contribution in [0.15, 0.2) is 42.6 Å². The molecule has 0 bridgehead atoms. The van der Waals surface area contributed by atoms with Crippen molar-refractivity contribution in [1.29, 1.82) is 0 Å². The van der Waals surface area contributed by atoms with Crippen molar-refractivity contribution in [1.82, 2.24) is 4.98 Å². The van der Waals surface area contributed by atoms with E-state index in [1.165, 1.54) is 11.1 Å². The van der Waals surface area contributed by atoms with E-state index < -0.39 is 6.10 Å². The molecular formula is C15H17NO. The number of rotatable bonds is 3. The van der Waals surface area contributed by atoms with Gasteiger partial charge in [-0.05, 0) is 36.6 Å². The lowest BCUT2D eigenvalue weighted by atomic mass is 10.0. The predicted molar refractivity (Wildman–Crippen MR) is 68.8 cm³/mol. The summed E-state index contributed by atoms with van der Waals surface area (Å²) in [4.78, 5) is 4.25. The standard InChI is InChI=1S/C15H17NO/c1-11-7-8-14(16-10-11)15(17)9-13-6-4-3-5-12(13)2/h3-8,10,15,17H,9H2,1-2H3. The van der Waals surface area contributed by atoms with Crippen molar-refractivity contribution < 1.29 is 5.11 Å². The lowest BCUT2D eigenvalue weighted by Crippen LogP contribution is -2.05. The zero-order valence-corrected chi connectivity index (χ0v) is 10.2. The van der Waals surface area contributed by atoms with Crippen LogP contribution < -0.4 is 0 Å². The third kappa shape index (κ3) is 2.92. The van der Waals surface area contributed by atoms with Crippen molar-refractivity contribution in [2.45, 2.75) is 26.4 Å². The van der Waals surface area contributed by atoms with Gasteiger partial charge in [-0.3, -0.25) is 4.98 Å². The summed E-state index contributed by atoms with van der Waals surface area (Å²) in [6, 6.07) is 12.0. The first-order chi connectivity index (χ1) is 8.16. The molecule has 0 amide bonds. The monoisotopic (exact) mass is 227 g/mol. The summed E-state index contributed by atoms with van der Waals surface area (Å²) < 4.78 is 0. The minimum absolute atomic E-state index is 0.531. The number of nitrogens with zero attached hydrogens (tertiary/aromatic N) is 1. The normalized spacial score (nSPS) is 12.4. The average molecular weight is 227 g/mol. The molecule has 2 heteroatoms. The van der Waals surface area contributed by atoms with E-state index in [0.717, 1.165) is 11.3 Å². The van der Waals surface area contributed by atoms with Crippen LogP contribution in [0.2, 0.25) is 0 Å². The zero-order chi connectivity index (χ0) is 12.3. The van der Waals surface area contributed by atoms with Gasteiger partial charge in [0.25, 0.3) is 0 Å². The Morgan fingerprint density at radius 2 is 1.88 bits per heavy atom. The molecule has 2 nitrogen and oxygen atoms in total. The van der Waals surface area contributed by atoms with Crippen LogP contribution in [0.3, 0.4) is 0 Å². The van der Waals surface area contributed by atoms with Crippen molar-refractivity contribution >= 4 is 0 Å². The molecule has 88 valence electrons. The van der Waals surface area contributed by atoms with Crippen molar-refractivity contribution in [3.8, 4) is 0 Å². The van der Waals surface area contributed by atoms with E-state index in [1.54, 1.807) is 6.20 Å². The van der Waals surface area contributed by atoms with Gasteiger partial charge in [0.1, 0.15) is 0 Å². The Morgan fingerprint density at radius 1 is 1.12 bits per heavy atom. The molecule has 1 heterocycles. The number of aliphatic hydroxyl groups is 1. The van der Waals surface area contributed by atoms with Crippen molar-refractivity contribution in [3.05, 3.63) is 65.0 Å². The molecule has 0 spiro atoms. The molecule has 0 aliphatic rings. The van der Waals surface area contributed by atoms with E-state index in [-0.39, 0.29) is 0 Å². The summed E-state index contributed by atoms with van der Waals surface area (Å²) in [5.41, 5.74) is 4.22. The first-order valence-corrected chi connectivity index (χ1v) is 5.82. The lowest BCUT2D eigenvalue weighted by Gasteiger charge is -2.12. The zero-order valence-electron chi connectivity index (χ0n) is 10.2. The largest absolute Gasteiger partial charge is 0.386 e. The molecule has 0 radical (unpaired) electrons. The van der Waals surface area contributed by atoms with E-state index >= 15 is 0 Å². The SMILES string of the molecule is Cc1ccc(C(O)Cc2ccccc2C)nc1. The highest BCUT2D eigenvalue weighted by molar-refractivity contribution is 5.27. The van der Waals surface area contributed by atoms with Crippen LogP contribution in [0.4, 0.5) is 0 Å². The molecule has 17 heavy (non-hydrogen) atoms. The maximum atomic E-state index is 10.1. The second-order valence-corrected chi connectivity index (χ2v) is 4.41. The smallest absolute Gasteiger partial charge is 0.1000 e. The van der Waals surface area contributed by atoms with Crippen molar-refractivity contribution in [2.24, 2.45) is 0 Å². The first-order valence-electron chi connectivity index (χ1n) is 5.82. The fourth-order valence-electron chi connectivity index (χ4n) is 1.83. The molecule has 1 unspecified atom stereocenters. The maximum Gasteiger partial charge on any atom is 0.1000 e. The minimum atomic E-state index is -0.531. The van der Waals surface area contributed by atoms with Gasteiger partial charge in [-0.1, -0.05) is 30.3 Å². The highest BCUT2D eigenvalue weighted by atomic mass is 16.3. The summed E-state index contributed by atoms with van der Waals surface area (Å²) >= 11 is 0. The second kappa shape index (κ2) is 5.11. The molecule has 1 atom stereocenters. The molecular weight excluding hydrogens is 210 g/mol. The fourth-order valence-corrected chi connectivity index (χ4v) is 1.83. The average Bonchev–Trinajstić information content (AvgIpc) is 2.33. The summed E-state index contributed by atoms with van der Waals surface area (Å²) in [7, 11) is 0. The Labute approximate surface area is 102 Å². The van der Waals surface area contributed by atoms with Crippen LogP contribution in [-0.2, 0) is 6.42 Å². The number of aromatic nitrogens is 1. The Morgan fingerprint density at radius 3 is 2.53 bits per heavy atom. The maximum absolute atomic E-state index is 10.1. The number of hydrogen-bond acceptors (Lipinski definition) is 2. The number of pyridine rings is 1. The van der Waals surface area contributed by atoms with Crippen LogP contribution in [0.5, 0.6) is 0 Å². The fraction of sp³-hybridized carbons (Fsp3) is 0.267. The molecule has 0 fully saturated rings. The van der Waals surface area contributed by atoms with Crippen molar-refractivity contribution in [2.75, 3.05) is 0 Å². The topological polar surface area (TPSA) is 33.1 Å². The molecule has 0 aliphatic heterocycles. The molecule has 0 saturated carbocycles. The third-order valence-electron chi connectivity index (χ3n) is 2.95. The molecule has 1 aromatic heterocycles. The molecule has 2 rings (SSSR count). The highest BCUT2D eigenvalue weighted by Crippen LogP contribution is 2.18. The Bertz CT molecular complexity index is 491. The number of aryl methyl sites for hydroxylation is 2. The molecule has 0 aliphatic carbocycles. The molecule has 1 N–H and O–H groups in total. The summed E-state index contributed by atoms with van der Waals surface area (Å²) in [5.74, 6) is 0. The summed E-state index contributed by atoms with van der Waals surface area (Å²) in [6.45, 7) is 4.05. The Hall–Kier alpha value is -1.67. The van der Waals surface area contributed by atoms with Gasteiger partial charge < -0.3 is 5.11 Å². The number of benzene rings is 1. The summed E-state index contributed by atoms with van der Waals surface area (Å²) in [6.07, 6.45) is 1.87. The lowest BCUT2D eigenvalue weighted by molar-refractivity contribution is 0.173. The van der Waals surface area contributed by atoms with Gasteiger partial charge in [0.15, 0.2) is 0 Å². The number of aliphatic hydroxyl groups excluding tert-OH is 1. The Kier molecular flexibility index (Phi) is 3.55. The minimum Gasteiger partial charge on any atom is -0.386 e. The van der Waals surface area contributed by atoms with Crippen LogP contribution in [0.25, 0.3) is 0 Å². The van der Waals surface area contributed by atoms with Gasteiger partial charge in [-0.15, -0.1) is 0 Å². The van der Waals surface area contributed by atoms with Gasteiger partial charge in [-0.25, -0.2) is 0 Å². The van der Waals surface area contributed by atoms with Gasteiger partial charge in [0.2, 0.25) is 0 Å². The van der Waals surface area contributed by atoms with Gasteiger partial charge in [-0.2, -0.15) is 0 Å². The van der Waals surface area contributed by atoms with Crippen LogP contribution in [0, 0.1) is 13.8 Å². The van der Waals surface area contributed by atoms with Gasteiger partial charge in [0, 0.05) is 12.6 Å². The summed E-state index contributed by atoms with van der Waals surface area (Å²) in [5, 5.41) is 10.1. The van der Waals surface area contributed by atoms with Gasteiger partial charge in [0.05, 0.1) is 11.8 Å². The van der Waals surface area contributed by atoms with E-state index in [9.17, 15) is 5.11 Å². The first kappa shape index (κ1) is 11.8. The quantitative estimate of drug-likeness (QED) is 0.874. The molecule has 1 aromatic carbocycles. The van der Waals surface area contributed by atoms with E-state index in [0.29, 0.717) is 6.42 Å². The highest BCUT2D eigenvalue weighted by Gasteiger charge is 2.10. The molecule has 2 aromatic rings. The van der Waals surface area contributed by atoms with E-state index in [1.807, 2.05) is 37.3 Å². The third-order valence-corrected chi connectivity index (χ3v) is 2.95. The van der Waals surface area contributed by atoms with E-state index in [4.69, 9.17) is 0 Å². The molecule has 0 saturated heterocycles.